The summed E-state index contributed by atoms with van der Waals surface area (Å²) in [5, 5.41) is 10.4. The van der Waals surface area contributed by atoms with Gasteiger partial charge in [0.1, 0.15) is 12.4 Å². The van der Waals surface area contributed by atoms with Crippen molar-refractivity contribution in [3.05, 3.63) is 42.0 Å². The minimum Gasteiger partial charge on any atom is -0.493 e. The van der Waals surface area contributed by atoms with Gasteiger partial charge in [0, 0.05) is 37.4 Å². The molecule has 2 aliphatic rings. The van der Waals surface area contributed by atoms with Gasteiger partial charge in [-0.2, -0.15) is 0 Å². The first-order chi connectivity index (χ1) is 16.0. The average molecular weight is 480 g/mol. The van der Waals surface area contributed by atoms with Gasteiger partial charge in [0.25, 0.3) is 0 Å². The van der Waals surface area contributed by atoms with E-state index in [-0.39, 0.29) is 23.2 Å². The third-order valence-electron chi connectivity index (χ3n) is 6.51. The Labute approximate surface area is 202 Å². The molecule has 1 aromatic carbocycles. The van der Waals surface area contributed by atoms with Gasteiger partial charge in [-0.25, -0.2) is 0 Å². The molecule has 0 spiro atoms. The second-order valence-corrected chi connectivity index (χ2v) is 9.61. The summed E-state index contributed by atoms with van der Waals surface area (Å²) in [6, 6.07) is 7.95. The minimum absolute atomic E-state index is 0.0131. The van der Waals surface area contributed by atoms with E-state index in [1.165, 1.54) is 0 Å². The SMILES string of the molecule is Cc1cccc(OC[C@@H]2[C@@H](C/C=C\CCCC(=O)OCCN3CCOCC3)[C@H](Cl)C[C@H]2O)c1. The summed E-state index contributed by atoms with van der Waals surface area (Å²) in [6.45, 7) is 7.03. The lowest BCUT2D eigenvalue weighted by molar-refractivity contribution is -0.144. The van der Waals surface area contributed by atoms with Gasteiger partial charge in [0.2, 0.25) is 0 Å². The largest absolute Gasteiger partial charge is 0.493 e. The number of allylic oxidation sites excluding steroid dienone is 2. The monoisotopic (exact) mass is 479 g/mol. The first-order valence-corrected chi connectivity index (χ1v) is 12.6. The number of ether oxygens (including phenoxy) is 3. The van der Waals surface area contributed by atoms with E-state index in [2.05, 4.69) is 17.1 Å². The Morgan fingerprint density at radius 3 is 2.88 bits per heavy atom. The number of hydrogen-bond acceptors (Lipinski definition) is 6. The van der Waals surface area contributed by atoms with Crippen molar-refractivity contribution < 1.29 is 24.1 Å². The Hall–Kier alpha value is -1.60. The smallest absolute Gasteiger partial charge is 0.305 e. The van der Waals surface area contributed by atoms with E-state index < -0.39 is 6.10 Å². The number of rotatable bonds is 12. The Morgan fingerprint density at radius 1 is 1.27 bits per heavy atom. The lowest BCUT2D eigenvalue weighted by Crippen LogP contribution is -2.38. The number of aliphatic hydroxyl groups excluding tert-OH is 1. The minimum atomic E-state index is -0.442. The zero-order valence-electron chi connectivity index (χ0n) is 19.7. The maximum atomic E-state index is 11.9. The summed E-state index contributed by atoms with van der Waals surface area (Å²) in [4.78, 5) is 14.2. The molecule has 7 heteroatoms. The normalized spacial score (nSPS) is 26.0. The van der Waals surface area contributed by atoms with Crippen LogP contribution in [0.1, 0.15) is 37.7 Å². The molecule has 0 radical (unpaired) electrons. The number of hydrogen-bond donors (Lipinski definition) is 1. The highest BCUT2D eigenvalue weighted by Gasteiger charge is 2.41. The molecule has 1 saturated heterocycles. The highest BCUT2D eigenvalue weighted by atomic mass is 35.5. The molecule has 0 unspecified atom stereocenters. The van der Waals surface area contributed by atoms with Gasteiger partial charge in [-0.3, -0.25) is 9.69 Å². The highest BCUT2D eigenvalue weighted by Crippen LogP contribution is 2.39. The van der Waals surface area contributed by atoms with Gasteiger partial charge in [-0.05, 0) is 56.2 Å². The molecule has 1 heterocycles. The van der Waals surface area contributed by atoms with Gasteiger partial charge < -0.3 is 19.3 Å². The highest BCUT2D eigenvalue weighted by molar-refractivity contribution is 6.21. The van der Waals surface area contributed by atoms with E-state index in [1.807, 2.05) is 31.2 Å². The van der Waals surface area contributed by atoms with E-state index in [0.717, 1.165) is 63.4 Å². The number of aliphatic hydroxyl groups is 1. The second-order valence-electron chi connectivity index (χ2n) is 9.05. The molecule has 184 valence electrons. The predicted octanol–water partition coefficient (Wildman–Crippen LogP) is 3.97. The zero-order chi connectivity index (χ0) is 23.5. The Bertz CT molecular complexity index is 752. The summed E-state index contributed by atoms with van der Waals surface area (Å²) in [5.41, 5.74) is 1.15. The molecule has 1 N–H and O–H groups in total. The van der Waals surface area contributed by atoms with Crippen LogP contribution in [0.5, 0.6) is 5.75 Å². The van der Waals surface area contributed by atoms with E-state index in [1.54, 1.807) is 0 Å². The molecule has 4 atom stereocenters. The number of aryl methyl sites for hydroxylation is 1. The topological polar surface area (TPSA) is 68.2 Å². The fourth-order valence-corrected chi connectivity index (χ4v) is 4.98. The molecule has 33 heavy (non-hydrogen) atoms. The molecule has 1 aliphatic carbocycles. The van der Waals surface area contributed by atoms with Gasteiger partial charge in [-0.15, -0.1) is 11.6 Å². The number of morpholine rings is 1. The van der Waals surface area contributed by atoms with Crippen LogP contribution in [0.15, 0.2) is 36.4 Å². The van der Waals surface area contributed by atoms with E-state index in [4.69, 9.17) is 25.8 Å². The van der Waals surface area contributed by atoms with Crippen molar-refractivity contribution in [1.82, 2.24) is 4.90 Å². The lowest BCUT2D eigenvalue weighted by atomic mass is 9.92. The van der Waals surface area contributed by atoms with E-state index in [0.29, 0.717) is 26.1 Å². The maximum Gasteiger partial charge on any atom is 0.305 e. The fraction of sp³-hybridized carbons (Fsp3) is 0.654. The molecular formula is C26H38ClNO5. The lowest BCUT2D eigenvalue weighted by Gasteiger charge is -2.26. The van der Waals surface area contributed by atoms with Crippen LogP contribution in [-0.2, 0) is 14.3 Å². The third-order valence-corrected chi connectivity index (χ3v) is 7.01. The van der Waals surface area contributed by atoms with Crippen LogP contribution in [0.4, 0.5) is 0 Å². The Balaban J connectivity index is 1.31. The van der Waals surface area contributed by atoms with Crippen molar-refractivity contribution in [2.45, 2.75) is 50.5 Å². The van der Waals surface area contributed by atoms with Gasteiger partial charge in [-0.1, -0.05) is 24.3 Å². The first-order valence-electron chi connectivity index (χ1n) is 12.1. The van der Waals surface area contributed by atoms with E-state index >= 15 is 0 Å². The molecule has 3 rings (SSSR count). The number of unbranched alkanes of at least 4 members (excludes halogenated alkanes) is 1. The number of benzene rings is 1. The number of nitrogens with zero attached hydrogens (tertiary/aromatic N) is 1. The Kier molecular flexibility index (Phi) is 11.0. The van der Waals surface area contributed by atoms with Gasteiger partial charge in [0.05, 0.1) is 25.9 Å². The van der Waals surface area contributed by atoms with Gasteiger partial charge in [0.15, 0.2) is 0 Å². The maximum absolute atomic E-state index is 11.9. The quantitative estimate of drug-likeness (QED) is 0.212. The summed E-state index contributed by atoms with van der Waals surface area (Å²) in [7, 11) is 0. The van der Waals surface area contributed by atoms with E-state index in [9.17, 15) is 9.90 Å². The summed E-state index contributed by atoms with van der Waals surface area (Å²) >= 11 is 6.54. The second kappa shape index (κ2) is 14.0. The van der Waals surface area contributed by atoms with Gasteiger partial charge >= 0.3 is 5.97 Å². The van der Waals surface area contributed by atoms with Crippen LogP contribution in [0.2, 0.25) is 0 Å². The summed E-state index contributed by atoms with van der Waals surface area (Å²) in [6.07, 6.45) is 7.21. The standard InChI is InChI=1S/C26H38ClNO5/c1-20-7-6-8-21(17-20)33-19-23-22(24(27)18-25(23)29)9-4-2-3-5-10-26(30)32-16-13-28-11-14-31-15-12-28/h2,4,6-8,17,22-25,29H,3,5,9-16,18-19H2,1H3/b4-2-/t22-,23-,24-,25-/m1/s1. The van der Waals surface area contributed by atoms with Crippen molar-refractivity contribution in [3.8, 4) is 5.75 Å². The van der Waals surface area contributed by atoms with Crippen LogP contribution >= 0.6 is 11.6 Å². The molecule has 0 amide bonds. The van der Waals surface area contributed by atoms with Crippen molar-refractivity contribution >= 4 is 17.6 Å². The van der Waals surface area contributed by atoms with Crippen molar-refractivity contribution in [2.75, 3.05) is 46.1 Å². The molecule has 0 bridgehead atoms. The van der Waals surface area contributed by atoms with Crippen molar-refractivity contribution in [3.63, 3.8) is 0 Å². The molecular weight excluding hydrogens is 442 g/mol. The van der Waals surface area contributed by atoms with Crippen LogP contribution in [0.25, 0.3) is 0 Å². The number of esters is 1. The number of carbonyl (C=O) groups is 1. The number of halogens is 1. The van der Waals surface area contributed by atoms with Crippen LogP contribution in [0, 0.1) is 18.8 Å². The summed E-state index contributed by atoms with van der Waals surface area (Å²) < 4.78 is 16.6. The molecule has 1 saturated carbocycles. The molecule has 6 nitrogen and oxygen atoms in total. The molecule has 1 aliphatic heterocycles. The molecule has 2 fully saturated rings. The third kappa shape index (κ3) is 8.93. The Morgan fingerprint density at radius 2 is 2.09 bits per heavy atom. The number of carbonyl (C=O) groups excluding carboxylic acids is 1. The number of alkyl halides is 1. The molecule has 1 aromatic rings. The van der Waals surface area contributed by atoms with Crippen LogP contribution < -0.4 is 4.74 Å². The van der Waals surface area contributed by atoms with Crippen LogP contribution in [0.3, 0.4) is 0 Å². The summed E-state index contributed by atoms with van der Waals surface area (Å²) in [5.74, 6) is 0.878. The van der Waals surface area contributed by atoms with Crippen LogP contribution in [-0.4, -0.2) is 73.5 Å². The molecule has 0 aromatic heterocycles. The first kappa shape index (κ1) is 26.0. The van der Waals surface area contributed by atoms with Crippen molar-refractivity contribution in [1.29, 1.82) is 0 Å². The predicted molar refractivity (Wildman–Crippen MR) is 130 cm³/mol. The zero-order valence-corrected chi connectivity index (χ0v) is 20.4. The van der Waals surface area contributed by atoms with Crippen molar-refractivity contribution in [2.24, 2.45) is 11.8 Å². The fourth-order valence-electron chi connectivity index (χ4n) is 4.51. The average Bonchev–Trinajstić information content (AvgIpc) is 3.07.